The van der Waals surface area contributed by atoms with Gasteiger partial charge in [-0.05, 0) is 0 Å². The molecule has 1 saturated heterocycles. The van der Waals surface area contributed by atoms with Crippen LogP contribution in [0.5, 0.6) is 0 Å². The lowest BCUT2D eigenvalue weighted by Gasteiger charge is -2.14. The minimum absolute atomic E-state index is 1.35. The van der Waals surface area contributed by atoms with E-state index in [1.54, 1.807) is 0 Å². The maximum Gasteiger partial charge on any atom is 0.383 e. The molecule has 0 aromatic heterocycles. The van der Waals surface area contributed by atoms with E-state index in [1.165, 1.54) is 0 Å². The van der Waals surface area contributed by atoms with Crippen molar-refractivity contribution in [2.75, 3.05) is 0 Å². The molecule has 0 spiro atoms. The maximum absolute atomic E-state index is 12.0. The highest BCUT2D eigenvalue weighted by Crippen LogP contribution is 2.14. The molecule has 0 saturated carbocycles. The molecule has 1 aliphatic heterocycles. The number of alkyl halides is 1. The molecule has 1 fully saturated rings. The summed E-state index contributed by atoms with van der Waals surface area (Å²) in [5, 5.41) is 17.0. The van der Waals surface area contributed by atoms with E-state index >= 15 is 0 Å². The number of cyclic esters (lactones) is 1. The molecule has 0 aromatic carbocycles. The molecule has 0 aromatic rings. The van der Waals surface area contributed by atoms with Gasteiger partial charge in [0.15, 0.2) is 12.2 Å². The molecule has 1 rings (SSSR count). The molecular formula is C6H5FO6. The smallest absolute Gasteiger partial charge is 0.383 e. The molecule has 2 N–H and O–H groups in total. The number of ketones is 2. The van der Waals surface area contributed by atoms with Crippen LogP contribution >= 0.6 is 0 Å². The molecule has 1 heterocycles. The van der Waals surface area contributed by atoms with Gasteiger partial charge in [-0.15, -0.1) is 0 Å². The number of ether oxygens (including phenoxy) is 1. The number of halogens is 1. The summed E-state index contributed by atoms with van der Waals surface area (Å²) in [6.45, 7) is 0. The number of Topliss-reactive ketones (excluding diaryl/α,β-unsaturated/α-hetero) is 2. The van der Waals surface area contributed by atoms with Crippen LogP contribution < -0.4 is 0 Å². The Hall–Kier alpha value is -1.34. The van der Waals surface area contributed by atoms with Gasteiger partial charge in [0.2, 0.25) is 6.36 Å². The number of hydrogen-bond acceptors (Lipinski definition) is 6. The fourth-order valence-electron chi connectivity index (χ4n) is 0.821. The fraction of sp³-hybridized carbons (Fsp3) is 0.500. The summed E-state index contributed by atoms with van der Waals surface area (Å²) in [6.07, 6.45) is -6.89. The van der Waals surface area contributed by atoms with E-state index in [0.717, 1.165) is 0 Å². The highest BCUT2D eigenvalue weighted by molar-refractivity contribution is 6.65. The number of hydrogen-bond donors (Lipinski definition) is 2. The Bertz CT molecular complexity index is 272. The van der Waals surface area contributed by atoms with Crippen LogP contribution in [-0.4, -0.2) is 46.3 Å². The second kappa shape index (κ2) is 3.19. The SMILES string of the molecule is O=C1O[C@H]([C@@H](O)C(O)F)C(=O)C1=O. The third kappa shape index (κ3) is 1.56. The van der Waals surface area contributed by atoms with Gasteiger partial charge in [-0.1, -0.05) is 0 Å². The van der Waals surface area contributed by atoms with Crippen molar-refractivity contribution >= 4 is 17.5 Å². The van der Waals surface area contributed by atoms with Gasteiger partial charge in [-0.2, -0.15) is 0 Å². The van der Waals surface area contributed by atoms with E-state index in [2.05, 4.69) is 4.74 Å². The van der Waals surface area contributed by atoms with Crippen molar-refractivity contribution in [3.63, 3.8) is 0 Å². The van der Waals surface area contributed by atoms with E-state index in [1.807, 2.05) is 0 Å². The van der Waals surface area contributed by atoms with E-state index in [-0.39, 0.29) is 0 Å². The summed E-state index contributed by atoms with van der Waals surface area (Å²) in [5.41, 5.74) is 0. The molecule has 0 amide bonds. The average Bonchev–Trinajstić information content (AvgIpc) is 2.31. The third-order valence-corrected chi connectivity index (χ3v) is 1.49. The summed E-state index contributed by atoms with van der Waals surface area (Å²) >= 11 is 0. The molecule has 6 nitrogen and oxygen atoms in total. The van der Waals surface area contributed by atoms with Gasteiger partial charge in [0, 0.05) is 0 Å². The first kappa shape index (κ1) is 9.75. The van der Waals surface area contributed by atoms with Crippen LogP contribution in [0.25, 0.3) is 0 Å². The molecule has 1 unspecified atom stereocenters. The number of carbonyl (C=O) groups is 3. The van der Waals surface area contributed by atoms with Crippen LogP contribution in [0.4, 0.5) is 4.39 Å². The zero-order valence-electron chi connectivity index (χ0n) is 6.14. The van der Waals surface area contributed by atoms with Crippen LogP contribution in [0, 0.1) is 0 Å². The van der Waals surface area contributed by atoms with Crippen molar-refractivity contribution < 1.29 is 33.7 Å². The fourth-order valence-corrected chi connectivity index (χ4v) is 0.821. The minimum Gasteiger partial charge on any atom is -0.445 e. The second-order valence-corrected chi connectivity index (χ2v) is 2.38. The predicted octanol–water partition coefficient (Wildman–Crippen LogP) is -2.30. The largest absolute Gasteiger partial charge is 0.445 e. The van der Waals surface area contributed by atoms with Crippen molar-refractivity contribution in [1.29, 1.82) is 0 Å². The Kier molecular flexibility index (Phi) is 2.39. The van der Waals surface area contributed by atoms with E-state index in [0.29, 0.717) is 0 Å². The van der Waals surface area contributed by atoms with E-state index < -0.39 is 36.1 Å². The molecule has 0 radical (unpaired) electrons. The molecule has 72 valence electrons. The lowest BCUT2D eigenvalue weighted by Crippen LogP contribution is -2.39. The average molecular weight is 192 g/mol. The predicted molar refractivity (Wildman–Crippen MR) is 33.0 cm³/mol. The van der Waals surface area contributed by atoms with Crippen molar-refractivity contribution in [3.8, 4) is 0 Å². The molecule has 0 aliphatic carbocycles. The third-order valence-electron chi connectivity index (χ3n) is 1.49. The van der Waals surface area contributed by atoms with Crippen LogP contribution in [0.3, 0.4) is 0 Å². The van der Waals surface area contributed by atoms with Gasteiger partial charge in [0.1, 0.15) is 0 Å². The Balaban J connectivity index is 2.80. The molecule has 0 bridgehead atoms. The summed E-state index contributed by atoms with van der Waals surface area (Å²) in [4.78, 5) is 31.6. The van der Waals surface area contributed by atoms with Crippen molar-refractivity contribution in [3.05, 3.63) is 0 Å². The topological polar surface area (TPSA) is 101 Å². The van der Waals surface area contributed by atoms with Gasteiger partial charge >= 0.3 is 11.8 Å². The molecule has 7 heteroatoms. The number of esters is 1. The van der Waals surface area contributed by atoms with Gasteiger partial charge in [-0.25, -0.2) is 9.18 Å². The normalized spacial score (nSPS) is 27.3. The lowest BCUT2D eigenvalue weighted by molar-refractivity contribution is -0.160. The molecule has 1 aliphatic rings. The maximum atomic E-state index is 12.0. The Morgan fingerprint density at radius 3 is 2.15 bits per heavy atom. The summed E-state index contributed by atoms with van der Waals surface area (Å²) in [6, 6.07) is 0. The van der Waals surface area contributed by atoms with Crippen molar-refractivity contribution in [1.82, 2.24) is 0 Å². The standard InChI is InChI=1S/C6H5FO6/c7-5(11)3(10)4-1(8)2(9)6(12)13-4/h3-5,10-11H/t3-,4+,5?/m1/s1. The number of aliphatic hydroxyl groups excluding tert-OH is 2. The van der Waals surface area contributed by atoms with Gasteiger partial charge < -0.3 is 14.9 Å². The Labute approximate surface area is 70.9 Å². The van der Waals surface area contributed by atoms with Crippen LogP contribution in [0.2, 0.25) is 0 Å². The second-order valence-electron chi connectivity index (χ2n) is 2.38. The highest BCUT2D eigenvalue weighted by Gasteiger charge is 2.48. The number of carbonyl (C=O) groups excluding carboxylic acids is 3. The van der Waals surface area contributed by atoms with Crippen molar-refractivity contribution in [2.45, 2.75) is 18.6 Å². The molecule has 3 atom stereocenters. The first-order chi connectivity index (χ1) is 5.95. The van der Waals surface area contributed by atoms with Gasteiger partial charge in [0.05, 0.1) is 0 Å². The summed E-state index contributed by atoms with van der Waals surface area (Å²) in [5.74, 6) is -4.26. The summed E-state index contributed by atoms with van der Waals surface area (Å²) in [7, 11) is 0. The lowest BCUT2D eigenvalue weighted by atomic mass is 10.1. The number of rotatable bonds is 2. The van der Waals surface area contributed by atoms with E-state index in [4.69, 9.17) is 10.2 Å². The monoisotopic (exact) mass is 192 g/mol. The Morgan fingerprint density at radius 2 is 1.85 bits per heavy atom. The quantitative estimate of drug-likeness (QED) is 0.377. The molecular weight excluding hydrogens is 187 g/mol. The van der Waals surface area contributed by atoms with Crippen LogP contribution in [0.1, 0.15) is 0 Å². The van der Waals surface area contributed by atoms with Gasteiger partial charge in [-0.3, -0.25) is 9.59 Å². The number of aliphatic hydroxyl groups is 2. The van der Waals surface area contributed by atoms with Crippen LogP contribution in [0.15, 0.2) is 0 Å². The zero-order valence-corrected chi connectivity index (χ0v) is 6.14. The van der Waals surface area contributed by atoms with E-state index in [9.17, 15) is 18.8 Å². The van der Waals surface area contributed by atoms with Crippen LogP contribution in [-0.2, 0) is 19.1 Å². The first-order valence-corrected chi connectivity index (χ1v) is 3.24. The van der Waals surface area contributed by atoms with Crippen molar-refractivity contribution in [2.24, 2.45) is 0 Å². The molecule has 13 heavy (non-hydrogen) atoms. The first-order valence-electron chi connectivity index (χ1n) is 3.24. The summed E-state index contributed by atoms with van der Waals surface area (Å²) < 4.78 is 16.0. The van der Waals surface area contributed by atoms with Gasteiger partial charge in [0.25, 0.3) is 5.78 Å². The Morgan fingerprint density at radius 1 is 1.31 bits per heavy atom. The highest BCUT2D eigenvalue weighted by atomic mass is 19.1. The minimum atomic E-state index is -2.74. The zero-order chi connectivity index (χ0) is 10.2.